The van der Waals surface area contributed by atoms with Crippen molar-refractivity contribution in [2.45, 2.75) is 13.3 Å². The fourth-order valence-electron chi connectivity index (χ4n) is 1.50. The van der Waals surface area contributed by atoms with Crippen LogP contribution in [0.1, 0.15) is 28.7 Å². The van der Waals surface area contributed by atoms with E-state index in [0.29, 0.717) is 18.8 Å². The zero-order valence-electron chi connectivity index (χ0n) is 9.85. The summed E-state index contributed by atoms with van der Waals surface area (Å²) in [7, 11) is 0. The van der Waals surface area contributed by atoms with Crippen LogP contribution in [0.25, 0.3) is 0 Å². The SMILES string of the molecule is CCOC(=O)c1cc(Cc2ccc(I)cc2)on1. The van der Waals surface area contributed by atoms with Crippen molar-refractivity contribution in [2.75, 3.05) is 6.61 Å². The molecule has 1 aromatic carbocycles. The summed E-state index contributed by atoms with van der Waals surface area (Å²) in [6.07, 6.45) is 0.614. The molecule has 5 heteroatoms. The first-order chi connectivity index (χ1) is 8.69. The first kappa shape index (κ1) is 13.1. The molecule has 2 rings (SSSR count). The maximum atomic E-state index is 11.4. The summed E-state index contributed by atoms with van der Waals surface area (Å²) in [5.74, 6) is 0.203. The van der Waals surface area contributed by atoms with Gasteiger partial charge in [-0.15, -0.1) is 0 Å². The third-order valence-electron chi connectivity index (χ3n) is 2.34. The van der Waals surface area contributed by atoms with Gasteiger partial charge in [0.2, 0.25) is 0 Å². The maximum absolute atomic E-state index is 11.4. The van der Waals surface area contributed by atoms with Gasteiger partial charge in [0.1, 0.15) is 5.76 Å². The molecular formula is C13H12INO3. The van der Waals surface area contributed by atoms with Crippen molar-refractivity contribution in [3.8, 4) is 0 Å². The summed E-state index contributed by atoms with van der Waals surface area (Å²) in [5, 5.41) is 3.70. The Labute approximate surface area is 118 Å². The van der Waals surface area contributed by atoms with Crippen molar-refractivity contribution < 1.29 is 14.1 Å². The first-order valence-electron chi connectivity index (χ1n) is 5.56. The number of hydrogen-bond donors (Lipinski definition) is 0. The molecule has 0 aliphatic heterocycles. The molecule has 0 saturated carbocycles. The normalized spacial score (nSPS) is 10.3. The lowest BCUT2D eigenvalue weighted by molar-refractivity contribution is 0.0514. The molecule has 2 aromatic rings. The van der Waals surface area contributed by atoms with Crippen LogP contribution in [0.15, 0.2) is 34.9 Å². The van der Waals surface area contributed by atoms with Crippen molar-refractivity contribution in [1.82, 2.24) is 5.16 Å². The summed E-state index contributed by atoms with van der Waals surface area (Å²) >= 11 is 2.25. The number of carbonyl (C=O) groups is 1. The van der Waals surface area contributed by atoms with E-state index in [0.717, 1.165) is 5.56 Å². The average Bonchev–Trinajstić information content (AvgIpc) is 2.81. The van der Waals surface area contributed by atoms with Crippen LogP contribution in [0.3, 0.4) is 0 Å². The van der Waals surface area contributed by atoms with Crippen molar-refractivity contribution in [3.63, 3.8) is 0 Å². The Kier molecular flexibility index (Phi) is 4.35. The molecule has 0 radical (unpaired) electrons. The van der Waals surface area contributed by atoms with E-state index < -0.39 is 5.97 Å². The molecule has 0 N–H and O–H groups in total. The highest BCUT2D eigenvalue weighted by atomic mass is 127. The van der Waals surface area contributed by atoms with Gasteiger partial charge >= 0.3 is 5.97 Å². The highest BCUT2D eigenvalue weighted by Crippen LogP contribution is 2.13. The molecule has 1 aromatic heterocycles. The fraction of sp³-hybridized carbons (Fsp3) is 0.231. The summed E-state index contributed by atoms with van der Waals surface area (Å²) in [4.78, 5) is 11.4. The molecule has 0 saturated heterocycles. The summed E-state index contributed by atoms with van der Waals surface area (Å²) in [6.45, 7) is 2.09. The first-order valence-corrected chi connectivity index (χ1v) is 6.64. The van der Waals surface area contributed by atoms with Gasteiger partial charge in [0, 0.05) is 16.1 Å². The lowest BCUT2D eigenvalue weighted by atomic mass is 10.1. The van der Waals surface area contributed by atoms with Crippen LogP contribution in [0.5, 0.6) is 0 Å². The number of aromatic nitrogens is 1. The molecule has 94 valence electrons. The molecule has 0 aliphatic carbocycles. The zero-order chi connectivity index (χ0) is 13.0. The second kappa shape index (κ2) is 5.99. The van der Waals surface area contributed by atoms with E-state index in [1.807, 2.05) is 24.3 Å². The molecule has 18 heavy (non-hydrogen) atoms. The number of hydrogen-bond acceptors (Lipinski definition) is 4. The highest BCUT2D eigenvalue weighted by molar-refractivity contribution is 14.1. The van der Waals surface area contributed by atoms with Crippen molar-refractivity contribution in [2.24, 2.45) is 0 Å². The van der Waals surface area contributed by atoms with E-state index in [1.165, 1.54) is 3.57 Å². The Balaban J connectivity index is 2.06. The van der Waals surface area contributed by atoms with E-state index in [9.17, 15) is 4.79 Å². The topological polar surface area (TPSA) is 52.3 Å². The van der Waals surface area contributed by atoms with Gasteiger partial charge in [-0.3, -0.25) is 0 Å². The van der Waals surface area contributed by atoms with Gasteiger partial charge in [0.05, 0.1) is 6.61 Å². The van der Waals surface area contributed by atoms with Crippen molar-refractivity contribution in [3.05, 3.63) is 50.9 Å². The van der Waals surface area contributed by atoms with E-state index in [-0.39, 0.29) is 5.69 Å². The van der Waals surface area contributed by atoms with Gasteiger partial charge < -0.3 is 9.26 Å². The Morgan fingerprint density at radius 2 is 2.11 bits per heavy atom. The van der Waals surface area contributed by atoms with E-state index in [4.69, 9.17) is 9.26 Å². The van der Waals surface area contributed by atoms with Crippen LogP contribution in [0.2, 0.25) is 0 Å². The molecule has 0 amide bonds. The third-order valence-corrected chi connectivity index (χ3v) is 3.05. The molecule has 0 atom stereocenters. The molecule has 0 fully saturated rings. The summed E-state index contributed by atoms with van der Waals surface area (Å²) in [5.41, 5.74) is 1.33. The zero-order valence-corrected chi connectivity index (χ0v) is 12.0. The maximum Gasteiger partial charge on any atom is 0.360 e. The minimum Gasteiger partial charge on any atom is -0.461 e. The van der Waals surface area contributed by atoms with Gasteiger partial charge in [-0.05, 0) is 47.2 Å². The quantitative estimate of drug-likeness (QED) is 0.624. The van der Waals surface area contributed by atoms with E-state index in [1.54, 1.807) is 13.0 Å². The fourth-order valence-corrected chi connectivity index (χ4v) is 1.86. The van der Waals surface area contributed by atoms with Crippen LogP contribution < -0.4 is 0 Å². The number of halogens is 1. The van der Waals surface area contributed by atoms with Crippen LogP contribution in [-0.2, 0) is 11.2 Å². The molecule has 0 unspecified atom stereocenters. The second-order valence-corrected chi connectivity index (χ2v) is 4.95. The number of carbonyl (C=O) groups excluding carboxylic acids is 1. The monoisotopic (exact) mass is 357 g/mol. The highest BCUT2D eigenvalue weighted by Gasteiger charge is 2.13. The molecule has 4 nitrogen and oxygen atoms in total. The largest absolute Gasteiger partial charge is 0.461 e. The molecule has 0 spiro atoms. The predicted molar refractivity (Wildman–Crippen MR) is 74.4 cm³/mol. The smallest absolute Gasteiger partial charge is 0.360 e. The molecule has 0 bridgehead atoms. The summed E-state index contributed by atoms with van der Waals surface area (Å²) < 4.78 is 11.1. The lowest BCUT2D eigenvalue weighted by Gasteiger charge is -1.97. The van der Waals surface area contributed by atoms with Crippen LogP contribution in [0.4, 0.5) is 0 Å². The van der Waals surface area contributed by atoms with Crippen LogP contribution in [0, 0.1) is 3.57 Å². The molecule has 1 heterocycles. The van der Waals surface area contributed by atoms with Crippen molar-refractivity contribution in [1.29, 1.82) is 0 Å². The number of ether oxygens (including phenoxy) is 1. The number of nitrogens with zero attached hydrogens (tertiary/aromatic N) is 1. The Morgan fingerprint density at radius 1 is 1.39 bits per heavy atom. The van der Waals surface area contributed by atoms with Crippen LogP contribution in [-0.4, -0.2) is 17.7 Å². The Morgan fingerprint density at radius 3 is 2.78 bits per heavy atom. The van der Waals surface area contributed by atoms with Gasteiger partial charge in [-0.25, -0.2) is 4.79 Å². The van der Waals surface area contributed by atoms with Gasteiger partial charge in [0.15, 0.2) is 5.69 Å². The lowest BCUT2D eigenvalue weighted by Crippen LogP contribution is -2.04. The van der Waals surface area contributed by atoms with Crippen LogP contribution >= 0.6 is 22.6 Å². The van der Waals surface area contributed by atoms with Gasteiger partial charge in [0.25, 0.3) is 0 Å². The van der Waals surface area contributed by atoms with Gasteiger partial charge in [-0.1, -0.05) is 17.3 Å². The second-order valence-electron chi connectivity index (χ2n) is 3.70. The van der Waals surface area contributed by atoms with E-state index >= 15 is 0 Å². The average molecular weight is 357 g/mol. The third kappa shape index (κ3) is 3.32. The predicted octanol–water partition coefficient (Wildman–Crippen LogP) is 3.05. The van der Waals surface area contributed by atoms with E-state index in [2.05, 4.69) is 27.7 Å². The van der Waals surface area contributed by atoms with Crippen molar-refractivity contribution >= 4 is 28.6 Å². The minimum absolute atomic E-state index is 0.220. The minimum atomic E-state index is -0.449. The Hall–Kier alpha value is -1.37. The molecule has 0 aliphatic rings. The molecular weight excluding hydrogens is 345 g/mol. The summed E-state index contributed by atoms with van der Waals surface area (Å²) in [6, 6.07) is 9.72. The number of rotatable bonds is 4. The van der Waals surface area contributed by atoms with Gasteiger partial charge in [-0.2, -0.15) is 0 Å². The standard InChI is InChI=1S/C13H12INO3/c1-2-17-13(16)12-8-11(18-15-12)7-9-3-5-10(14)6-4-9/h3-6,8H,2,7H2,1H3. The Bertz CT molecular complexity index is 533. The number of benzene rings is 1. The number of esters is 1.